The predicted molar refractivity (Wildman–Crippen MR) is 50.9 cm³/mol. The van der Waals surface area contributed by atoms with Crippen molar-refractivity contribution < 1.29 is 18.4 Å². The van der Waals surface area contributed by atoms with Gasteiger partial charge >= 0.3 is 8.09 Å². The van der Waals surface area contributed by atoms with E-state index in [1.165, 1.54) is 12.5 Å². The van der Waals surface area contributed by atoms with Crippen molar-refractivity contribution in [3.63, 3.8) is 0 Å². The fraction of sp³-hybridized carbons (Fsp3) is 0.250. The minimum Gasteiger partial charge on any atom is -0.469 e. The summed E-state index contributed by atoms with van der Waals surface area (Å²) in [5.74, 6) is 0.823. The first-order chi connectivity index (χ1) is 6.79. The number of hydrogen-bond donors (Lipinski definition) is 2. The van der Waals surface area contributed by atoms with Crippen LogP contribution >= 0.6 is 8.09 Å². The maximum atomic E-state index is 9.58. The van der Waals surface area contributed by atoms with Crippen molar-refractivity contribution in [3.8, 4) is 0 Å². The number of nitrogens with one attached hydrogen (secondary N) is 1. The molecule has 0 radical (unpaired) electrons. The van der Waals surface area contributed by atoms with Crippen LogP contribution in [0, 0.1) is 0 Å². The van der Waals surface area contributed by atoms with Crippen molar-refractivity contribution >= 4 is 8.09 Å². The highest BCUT2D eigenvalue weighted by Gasteiger charge is 2.44. The molecule has 0 fully saturated rings. The molecule has 0 saturated heterocycles. The molecule has 6 heteroatoms. The van der Waals surface area contributed by atoms with E-state index < -0.39 is 8.09 Å². The van der Waals surface area contributed by atoms with Gasteiger partial charge in [0.15, 0.2) is 6.26 Å². The van der Waals surface area contributed by atoms with Crippen LogP contribution in [0.5, 0.6) is 0 Å². The zero-order valence-electron chi connectivity index (χ0n) is 7.42. The van der Waals surface area contributed by atoms with Gasteiger partial charge in [-0.3, -0.25) is 4.52 Å². The molecule has 76 valence electrons. The van der Waals surface area contributed by atoms with Gasteiger partial charge in [0.05, 0.1) is 12.5 Å². The van der Waals surface area contributed by atoms with E-state index in [2.05, 4.69) is 5.09 Å². The average molecular weight is 216 g/mol. The predicted octanol–water partition coefficient (Wildman–Crippen LogP) is 1.60. The van der Waals surface area contributed by atoms with Gasteiger partial charge in [0.25, 0.3) is 0 Å². The maximum Gasteiger partial charge on any atom is 0.570 e. The minimum absolute atomic E-state index is 0.354. The van der Waals surface area contributed by atoms with Gasteiger partial charge in [-0.05, 0) is 12.1 Å². The van der Waals surface area contributed by atoms with Crippen molar-refractivity contribution in [1.82, 2.24) is 5.09 Å². The molecule has 2 rings (SSSR count). The SMILES string of the molecule is O[P+]1(OCCc2ccco2)NC=CO1. The smallest absolute Gasteiger partial charge is 0.469 e. The lowest BCUT2D eigenvalue weighted by molar-refractivity contribution is 0.219. The van der Waals surface area contributed by atoms with E-state index >= 15 is 0 Å². The topological polar surface area (TPSA) is 63.9 Å². The molecule has 1 atom stereocenters. The Balaban J connectivity index is 1.73. The highest BCUT2D eigenvalue weighted by Crippen LogP contribution is 2.55. The van der Waals surface area contributed by atoms with Crippen molar-refractivity contribution in [2.24, 2.45) is 0 Å². The quantitative estimate of drug-likeness (QED) is 0.748. The highest BCUT2D eigenvalue weighted by molar-refractivity contribution is 7.58. The van der Waals surface area contributed by atoms with Crippen molar-refractivity contribution in [2.75, 3.05) is 6.61 Å². The van der Waals surface area contributed by atoms with Crippen LogP contribution in [0.2, 0.25) is 0 Å². The van der Waals surface area contributed by atoms with E-state index in [4.69, 9.17) is 13.5 Å². The van der Waals surface area contributed by atoms with E-state index in [0.29, 0.717) is 13.0 Å². The fourth-order valence-electron chi connectivity index (χ4n) is 1.06. The molecule has 0 spiro atoms. The molecule has 14 heavy (non-hydrogen) atoms. The van der Waals surface area contributed by atoms with Gasteiger partial charge in [-0.25, -0.2) is 0 Å². The lowest BCUT2D eigenvalue weighted by atomic mass is 10.3. The van der Waals surface area contributed by atoms with Crippen molar-refractivity contribution in [3.05, 3.63) is 36.6 Å². The third-order valence-corrected chi connectivity index (χ3v) is 3.12. The number of furan rings is 1. The van der Waals surface area contributed by atoms with E-state index in [-0.39, 0.29) is 0 Å². The summed E-state index contributed by atoms with van der Waals surface area (Å²) in [6.07, 6.45) is 5.10. The van der Waals surface area contributed by atoms with E-state index in [9.17, 15) is 4.89 Å². The average Bonchev–Trinajstić information content (AvgIpc) is 2.77. The molecular formula is C8H11NO4P+. The molecule has 2 N–H and O–H groups in total. The lowest BCUT2D eigenvalue weighted by Crippen LogP contribution is -2.10. The van der Waals surface area contributed by atoms with Crippen LogP contribution in [0.25, 0.3) is 0 Å². The fourth-order valence-corrected chi connectivity index (χ4v) is 2.07. The Kier molecular flexibility index (Phi) is 2.72. The summed E-state index contributed by atoms with van der Waals surface area (Å²) in [7, 11) is -2.84. The third-order valence-electron chi connectivity index (χ3n) is 1.70. The first-order valence-corrected chi connectivity index (χ1v) is 5.76. The molecule has 0 saturated carbocycles. The monoisotopic (exact) mass is 216 g/mol. The molecule has 0 bridgehead atoms. The molecule has 0 aromatic carbocycles. The summed E-state index contributed by atoms with van der Waals surface area (Å²) < 4.78 is 15.2. The van der Waals surface area contributed by atoms with Gasteiger partial charge < -0.3 is 4.42 Å². The summed E-state index contributed by atoms with van der Waals surface area (Å²) in [6.45, 7) is 0.354. The second-order valence-corrected chi connectivity index (χ2v) is 4.49. The van der Waals surface area contributed by atoms with Gasteiger partial charge in [0.1, 0.15) is 12.4 Å². The Morgan fingerprint density at radius 1 is 1.57 bits per heavy atom. The van der Waals surface area contributed by atoms with E-state index in [0.717, 1.165) is 5.76 Å². The second-order valence-electron chi connectivity index (χ2n) is 2.72. The van der Waals surface area contributed by atoms with Crippen molar-refractivity contribution in [2.45, 2.75) is 6.42 Å². The Morgan fingerprint density at radius 3 is 3.14 bits per heavy atom. The highest BCUT2D eigenvalue weighted by atomic mass is 31.2. The summed E-state index contributed by atoms with van der Waals surface area (Å²) >= 11 is 0. The molecular weight excluding hydrogens is 205 g/mol. The van der Waals surface area contributed by atoms with Gasteiger partial charge in [-0.1, -0.05) is 0 Å². The maximum absolute atomic E-state index is 9.58. The molecule has 0 amide bonds. The molecule has 1 aliphatic heterocycles. The van der Waals surface area contributed by atoms with Crippen LogP contribution < -0.4 is 5.09 Å². The molecule has 1 unspecified atom stereocenters. The van der Waals surface area contributed by atoms with Crippen molar-refractivity contribution in [1.29, 1.82) is 0 Å². The largest absolute Gasteiger partial charge is 0.570 e. The van der Waals surface area contributed by atoms with E-state index in [1.54, 1.807) is 6.26 Å². The normalized spacial score (nSPS) is 24.6. The van der Waals surface area contributed by atoms with Gasteiger partial charge in [-0.15, -0.1) is 0 Å². The van der Waals surface area contributed by atoms with Crippen LogP contribution in [-0.4, -0.2) is 11.5 Å². The summed E-state index contributed by atoms with van der Waals surface area (Å²) in [4.78, 5) is 9.58. The van der Waals surface area contributed by atoms with Crippen LogP contribution in [-0.2, 0) is 15.5 Å². The van der Waals surface area contributed by atoms with Gasteiger partial charge in [-0.2, -0.15) is 14.5 Å². The standard InChI is InChI=1S/C8H11NO4P/c10-14(9-4-7-13-14)12-6-3-8-2-1-5-11-8/h1-2,4-5,7,9-10H,3,6H2/q+1. The Labute approximate surface area is 82.0 Å². The van der Waals surface area contributed by atoms with Crippen LogP contribution in [0.1, 0.15) is 5.76 Å². The van der Waals surface area contributed by atoms with Crippen LogP contribution in [0.4, 0.5) is 0 Å². The summed E-state index contributed by atoms with van der Waals surface area (Å²) in [6, 6.07) is 3.66. The number of rotatable bonds is 4. The molecule has 2 heterocycles. The van der Waals surface area contributed by atoms with Crippen LogP contribution in [0.15, 0.2) is 35.3 Å². The Bertz CT molecular complexity index is 303. The minimum atomic E-state index is -2.84. The molecule has 0 aliphatic carbocycles. The van der Waals surface area contributed by atoms with Gasteiger partial charge in [0.2, 0.25) is 0 Å². The first kappa shape index (κ1) is 9.52. The molecule has 5 nitrogen and oxygen atoms in total. The molecule has 1 aliphatic rings. The van der Waals surface area contributed by atoms with Gasteiger partial charge in [0, 0.05) is 6.42 Å². The zero-order valence-corrected chi connectivity index (χ0v) is 8.31. The van der Waals surface area contributed by atoms with E-state index in [1.807, 2.05) is 12.1 Å². The lowest BCUT2D eigenvalue weighted by Gasteiger charge is -2.08. The zero-order chi connectivity index (χ0) is 9.86. The summed E-state index contributed by atoms with van der Waals surface area (Å²) in [5, 5.41) is 2.62. The molecule has 1 aromatic heterocycles. The third kappa shape index (κ3) is 2.26. The second kappa shape index (κ2) is 4.00. The van der Waals surface area contributed by atoms with Crippen LogP contribution in [0.3, 0.4) is 0 Å². The Morgan fingerprint density at radius 2 is 2.50 bits per heavy atom. The first-order valence-electron chi connectivity index (χ1n) is 4.18. The summed E-state index contributed by atoms with van der Waals surface area (Å²) in [5.41, 5.74) is 0. The molecule has 1 aromatic rings. The number of hydrogen-bond acceptors (Lipinski definition) is 5. The Hall–Kier alpha value is -1.03.